The van der Waals surface area contributed by atoms with Crippen molar-refractivity contribution in [3.8, 4) is 0 Å². The zero-order chi connectivity index (χ0) is 15.0. The predicted octanol–water partition coefficient (Wildman–Crippen LogP) is 1.52. The minimum absolute atomic E-state index is 0.00316. The summed E-state index contributed by atoms with van der Waals surface area (Å²) < 4.78 is 6.83. The van der Waals surface area contributed by atoms with Gasteiger partial charge in [0.05, 0.1) is 17.8 Å². The van der Waals surface area contributed by atoms with Crippen LogP contribution in [0.3, 0.4) is 0 Å². The number of nitrogens with zero attached hydrogens (tertiary/aromatic N) is 2. The summed E-state index contributed by atoms with van der Waals surface area (Å²) >= 11 is 0. The van der Waals surface area contributed by atoms with E-state index in [0.29, 0.717) is 0 Å². The Bertz CT molecular complexity index is 701. The lowest BCUT2D eigenvalue weighted by molar-refractivity contribution is 0.0695. The van der Waals surface area contributed by atoms with Gasteiger partial charge in [0.1, 0.15) is 6.26 Å². The average molecular weight is 289 g/mol. The molecule has 0 radical (unpaired) electrons. The summed E-state index contributed by atoms with van der Waals surface area (Å²) in [4.78, 5) is 22.9. The Labute approximate surface area is 120 Å². The summed E-state index contributed by atoms with van der Waals surface area (Å²) in [6, 6.07) is 1.11. The molecule has 1 amide bonds. The first-order chi connectivity index (χ1) is 10.1. The Balaban J connectivity index is 1.77. The third-order valence-corrected chi connectivity index (χ3v) is 3.75. The topological polar surface area (TPSA) is 97.4 Å². The van der Waals surface area contributed by atoms with E-state index in [2.05, 4.69) is 10.4 Å². The SMILES string of the molecule is Cn1ncc2c1CCCC2NC(=O)c1cc(C(=O)O)co1. The Kier molecular flexibility index (Phi) is 3.25. The minimum Gasteiger partial charge on any atom is -0.478 e. The van der Waals surface area contributed by atoms with Crippen LogP contribution in [0.25, 0.3) is 0 Å². The highest BCUT2D eigenvalue weighted by Crippen LogP contribution is 2.29. The highest BCUT2D eigenvalue weighted by molar-refractivity contribution is 5.95. The molecule has 1 aliphatic carbocycles. The average Bonchev–Trinajstić information content (AvgIpc) is 3.07. The molecule has 1 aliphatic rings. The van der Waals surface area contributed by atoms with Gasteiger partial charge in [-0.2, -0.15) is 5.10 Å². The Morgan fingerprint density at radius 2 is 2.33 bits per heavy atom. The van der Waals surface area contributed by atoms with Gasteiger partial charge in [-0.25, -0.2) is 4.79 Å². The van der Waals surface area contributed by atoms with E-state index in [9.17, 15) is 9.59 Å². The van der Waals surface area contributed by atoms with E-state index >= 15 is 0 Å². The summed E-state index contributed by atoms with van der Waals surface area (Å²) in [6.45, 7) is 0. The molecule has 2 heterocycles. The van der Waals surface area contributed by atoms with Gasteiger partial charge in [-0.05, 0) is 19.3 Å². The highest BCUT2D eigenvalue weighted by atomic mass is 16.4. The number of carboxylic acids is 1. The van der Waals surface area contributed by atoms with Crippen LogP contribution >= 0.6 is 0 Å². The summed E-state index contributed by atoms with van der Waals surface area (Å²) in [5, 5.41) is 15.9. The molecule has 0 aromatic carbocycles. The number of aromatic nitrogens is 2. The number of carbonyl (C=O) groups excluding carboxylic acids is 1. The number of furan rings is 1. The van der Waals surface area contributed by atoms with Gasteiger partial charge in [0, 0.05) is 24.4 Å². The Hall–Kier alpha value is -2.57. The van der Waals surface area contributed by atoms with Crippen LogP contribution < -0.4 is 5.32 Å². The second kappa shape index (κ2) is 5.08. The molecule has 3 rings (SSSR count). The zero-order valence-electron chi connectivity index (χ0n) is 11.5. The largest absolute Gasteiger partial charge is 0.478 e. The maximum absolute atomic E-state index is 12.1. The second-order valence-electron chi connectivity index (χ2n) is 5.09. The van der Waals surface area contributed by atoms with Gasteiger partial charge >= 0.3 is 5.97 Å². The van der Waals surface area contributed by atoms with Crippen molar-refractivity contribution in [2.24, 2.45) is 7.05 Å². The van der Waals surface area contributed by atoms with E-state index in [1.165, 1.54) is 6.07 Å². The van der Waals surface area contributed by atoms with Crippen LogP contribution in [0.1, 0.15) is 51.1 Å². The zero-order valence-corrected chi connectivity index (χ0v) is 11.5. The van der Waals surface area contributed by atoms with E-state index in [1.54, 1.807) is 6.20 Å². The van der Waals surface area contributed by atoms with E-state index in [4.69, 9.17) is 9.52 Å². The van der Waals surface area contributed by atoms with Crippen LogP contribution in [0, 0.1) is 0 Å². The van der Waals surface area contributed by atoms with Crippen LogP contribution in [0.5, 0.6) is 0 Å². The van der Waals surface area contributed by atoms with E-state index < -0.39 is 11.9 Å². The van der Waals surface area contributed by atoms with Gasteiger partial charge in [0.2, 0.25) is 0 Å². The lowest BCUT2D eigenvalue weighted by Gasteiger charge is -2.23. The van der Waals surface area contributed by atoms with Crippen molar-refractivity contribution >= 4 is 11.9 Å². The van der Waals surface area contributed by atoms with Crippen molar-refractivity contribution in [3.05, 3.63) is 41.1 Å². The molecule has 0 saturated heterocycles. The summed E-state index contributed by atoms with van der Waals surface area (Å²) in [5.74, 6) is -1.53. The van der Waals surface area contributed by atoms with E-state index in [-0.39, 0.29) is 17.4 Å². The number of rotatable bonds is 3. The van der Waals surface area contributed by atoms with Gasteiger partial charge in [0.15, 0.2) is 5.76 Å². The third-order valence-electron chi connectivity index (χ3n) is 3.75. The fraction of sp³-hybridized carbons (Fsp3) is 0.357. The first-order valence-corrected chi connectivity index (χ1v) is 6.69. The molecular weight excluding hydrogens is 274 g/mol. The lowest BCUT2D eigenvalue weighted by atomic mass is 9.93. The standard InChI is InChI=1S/C14H15N3O4/c1-17-11-4-2-3-10(9(11)6-15-17)16-13(18)12-5-8(7-21-12)14(19)20/h5-7,10H,2-4H2,1H3,(H,16,18)(H,19,20). The fourth-order valence-corrected chi connectivity index (χ4v) is 2.65. The Morgan fingerprint density at radius 1 is 1.52 bits per heavy atom. The molecule has 0 fully saturated rings. The molecule has 2 aromatic heterocycles. The van der Waals surface area contributed by atoms with E-state index in [1.807, 2.05) is 11.7 Å². The normalized spacial score (nSPS) is 17.3. The van der Waals surface area contributed by atoms with Crippen molar-refractivity contribution in [3.63, 3.8) is 0 Å². The number of carboxylic acid groups (broad SMARTS) is 1. The molecule has 2 N–H and O–H groups in total. The van der Waals surface area contributed by atoms with Crippen LogP contribution in [-0.4, -0.2) is 26.8 Å². The molecule has 110 valence electrons. The van der Waals surface area contributed by atoms with E-state index in [0.717, 1.165) is 36.8 Å². The van der Waals surface area contributed by atoms with Crippen molar-refractivity contribution in [2.45, 2.75) is 25.3 Å². The highest BCUT2D eigenvalue weighted by Gasteiger charge is 2.26. The molecule has 1 unspecified atom stereocenters. The number of aryl methyl sites for hydroxylation is 1. The van der Waals surface area contributed by atoms with Gasteiger partial charge in [-0.3, -0.25) is 9.48 Å². The second-order valence-corrected chi connectivity index (χ2v) is 5.09. The first-order valence-electron chi connectivity index (χ1n) is 6.69. The molecule has 0 saturated carbocycles. The number of aromatic carboxylic acids is 1. The quantitative estimate of drug-likeness (QED) is 0.892. The van der Waals surface area contributed by atoms with Crippen molar-refractivity contribution < 1.29 is 19.1 Å². The summed E-state index contributed by atoms with van der Waals surface area (Å²) in [7, 11) is 1.88. The lowest BCUT2D eigenvalue weighted by Crippen LogP contribution is -2.30. The molecule has 1 atom stereocenters. The van der Waals surface area contributed by atoms with Gasteiger partial charge < -0.3 is 14.8 Å². The number of nitrogens with one attached hydrogen (secondary N) is 1. The molecule has 2 aromatic rings. The summed E-state index contributed by atoms with van der Waals surface area (Å²) in [6.07, 6.45) is 5.58. The molecule has 7 nitrogen and oxygen atoms in total. The smallest absolute Gasteiger partial charge is 0.338 e. The number of hydrogen-bond acceptors (Lipinski definition) is 4. The van der Waals surface area contributed by atoms with Gasteiger partial charge in [-0.1, -0.05) is 0 Å². The summed E-state index contributed by atoms with van der Waals surface area (Å²) in [5.41, 5.74) is 2.10. The molecule has 7 heteroatoms. The number of fused-ring (bicyclic) bond motifs is 1. The number of carbonyl (C=O) groups is 2. The van der Waals surface area contributed by atoms with Crippen molar-refractivity contribution in [1.82, 2.24) is 15.1 Å². The molecule has 0 aliphatic heterocycles. The maximum atomic E-state index is 12.1. The monoisotopic (exact) mass is 289 g/mol. The predicted molar refractivity (Wildman–Crippen MR) is 72.0 cm³/mol. The Morgan fingerprint density at radius 3 is 3.05 bits per heavy atom. The van der Waals surface area contributed by atoms with Crippen LogP contribution in [-0.2, 0) is 13.5 Å². The minimum atomic E-state index is -1.12. The molecular formula is C14H15N3O4. The fourth-order valence-electron chi connectivity index (χ4n) is 2.65. The van der Waals surface area contributed by atoms with Crippen LogP contribution in [0.15, 0.2) is 22.9 Å². The maximum Gasteiger partial charge on any atom is 0.338 e. The molecule has 0 bridgehead atoms. The van der Waals surface area contributed by atoms with Gasteiger partial charge in [-0.15, -0.1) is 0 Å². The van der Waals surface area contributed by atoms with Gasteiger partial charge in [0.25, 0.3) is 5.91 Å². The van der Waals surface area contributed by atoms with Crippen LogP contribution in [0.4, 0.5) is 0 Å². The van der Waals surface area contributed by atoms with Crippen molar-refractivity contribution in [1.29, 1.82) is 0 Å². The molecule has 21 heavy (non-hydrogen) atoms. The van der Waals surface area contributed by atoms with Crippen LogP contribution in [0.2, 0.25) is 0 Å². The first kappa shape index (κ1) is 13.4. The molecule has 0 spiro atoms. The number of hydrogen-bond donors (Lipinski definition) is 2. The number of amides is 1. The van der Waals surface area contributed by atoms with Crippen molar-refractivity contribution in [2.75, 3.05) is 0 Å². The third kappa shape index (κ3) is 2.42.